The minimum atomic E-state index is 0.153. The number of phenolic OH excluding ortho intramolecular Hbond substituents is 1. The predicted octanol–water partition coefficient (Wildman–Crippen LogP) is 4.98. The van der Waals surface area contributed by atoms with Crippen molar-refractivity contribution < 1.29 is 5.11 Å². The van der Waals surface area contributed by atoms with Gasteiger partial charge in [-0.1, -0.05) is 46.3 Å². The number of benzene rings is 2. The zero-order valence-corrected chi connectivity index (χ0v) is 13.0. The van der Waals surface area contributed by atoms with Crippen LogP contribution in [0.15, 0.2) is 59.1 Å². The molecule has 2 N–H and O–H groups in total. The molecule has 1 aliphatic heterocycles. The Morgan fingerprint density at radius 2 is 1.95 bits per heavy atom. The van der Waals surface area contributed by atoms with E-state index in [0.717, 1.165) is 16.5 Å². The molecule has 0 bridgehead atoms. The van der Waals surface area contributed by atoms with Gasteiger partial charge in [0.1, 0.15) is 5.75 Å². The lowest BCUT2D eigenvalue weighted by atomic mass is 9.77. The number of hydrogen-bond acceptors (Lipinski definition) is 2. The van der Waals surface area contributed by atoms with Crippen LogP contribution in [0.4, 0.5) is 5.69 Å². The highest BCUT2D eigenvalue weighted by molar-refractivity contribution is 9.10. The van der Waals surface area contributed by atoms with Crippen molar-refractivity contribution in [3.63, 3.8) is 0 Å². The predicted molar refractivity (Wildman–Crippen MR) is 88.6 cm³/mol. The average Bonchev–Trinajstić information content (AvgIpc) is 2.97. The number of para-hydroxylation sites is 1. The number of halogens is 1. The summed E-state index contributed by atoms with van der Waals surface area (Å²) in [5.74, 6) is 1.25. The monoisotopic (exact) mass is 341 g/mol. The molecule has 0 spiro atoms. The molecule has 0 saturated heterocycles. The lowest BCUT2D eigenvalue weighted by Crippen LogP contribution is -2.29. The van der Waals surface area contributed by atoms with Gasteiger partial charge in [-0.2, -0.15) is 0 Å². The second-order valence-corrected chi connectivity index (χ2v) is 6.68. The first-order valence-corrected chi connectivity index (χ1v) is 8.04. The van der Waals surface area contributed by atoms with Crippen molar-refractivity contribution >= 4 is 21.6 Å². The van der Waals surface area contributed by atoms with Gasteiger partial charge in [0.15, 0.2) is 0 Å². The van der Waals surface area contributed by atoms with Crippen LogP contribution in [0, 0.1) is 5.92 Å². The van der Waals surface area contributed by atoms with Crippen molar-refractivity contribution in [1.82, 2.24) is 0 Å². The van der Waals surface area contributed by atoms with E-state index in [1.54, 1.807) is 6.07 Å². The number of allylic oxidation sites excluding steroid dienone is 2. The van der Waals surface area contributed by atoms with Gasteiger partial charge < -0.3 is 10.4 Å². The molecule has 2 nitrogen and oxygen atoms in total. The molecule has 0 aromatic heterocycles. The molecule has 2 aliphatic rings. The Balaban J connectivity index is 1.82. The quantitative estimate of drug-likeness (QED) is 0.717. The van der Waals surface area contributed by atoms with Gasteiger partial charge in [-0.15, -0.1) is 0 Å². The SMILES string of the molecule is Oc1ccccc1C1Nc2ccc(Br)cc2C2C=CCC21. The molecule has 2 aromatic carbocycles. The maximum absolute atomic E-state index is 10.2. The highest BCUT2D eigenvalue weighted by Crippen LogP contribution is 2.51. The molecule has 3 heteroatoms. The van der Waals surface area contributed by atoms with E-state index in [2.05, 4.69) is 51.6 Å². The maximum Gasteiger partial charge on any atom is 0.120 e. The molecular formula is C18H16BrNO. The highest BCUT2D eigenvalue weighted by Gasteiger charge is 2.38. The van der Waals surface area contributed by atoms with E-state index in [1.807, 2.05) is 18.2 Å². The van der Waals surface area contributed by atoms with Crippen LogP contribution in [-0.4, -0.2) is 5.11 Å². The summed E-state index contributed by atoms with van der Waals surface area (Å²) in [5.41, 5.74) is 3.50. The fourth-order valence-electron chi connectivity index (χ4n) is 3.62. The molecule has 21 heavy (non-hydrogen) atoms. The first kappa shape index (κ1) is 13.0. The minimum Gasteiger partial charge on any atom is -0.508 e. The van der Waals surface area contributed by atoms with Crippen molar-refractivity contribution in [2.45, 2.75) is 18.4 Å². The third-order valence-electron chi connectivity index (χ3n) is 4.60. The highest BCUT2D eigenvalue weighted by atomic mass is 79.9. The molecular weight excluding hydrogens is 326 g/mol. The normalized spacial score (nSPS) is 26.0. The van der Waals surface area contributed by atoms with Gasteiger partial charge in [0, 0.05) is 21.6 Å². The number of nitrogens with one attached hydrogen (secondary N) is 1. The van der Waals surface area contributed by atoms with E-state index >= 15 is 0 Å². The number of fused-ring (bicyclic) bond motifs is 3. The van der Waals surface area contributed by atoms with Crippen molar-refractivity contribution in [2.75, 3.05) is 5.32 Å². The van der Waals surface area contributed by atoms with E-state index in [1.165, 1.54) is 11.3 Å². The van der Waals surface area contributed by atoms with Gasteiger partial charge in [-0.3, -0.25) is 0 Å². The fraction of sp³-hybridized carbons (Fsp3) is 0.222. The van der Waals surface area contributed by atoms with Crippen LogP contribution in [0.5, 0.6) is 5.75 Å². The molecule has 0 fully saturated rings. The summed E-state index contributed by atoms with van der Waals surface area (Å²) >= 11 is 3.57. The number of phenols is 1. The Morgan fingerprint density at radius 3 is 2.81 bits per heavy atom. The first-order valence-electron chi connectivity index (χ1n) is 7.24. The van der Waals surface area contributed by atoms with Crippen LogP contribution < -0.4 is 5.32 Å². The Bertz CT molecular complexity index is 725. The average molecular weight is 342 g/mol. The van der Waals surface area contributed by atoms with Gasteiger partial charge in [-0.05, 0) is 42.2 Å². The molecule has 3 unspecified atom stereocenters. The Kier molecular flexibility index (Phi) is 3.03. The summed E-state index contributed by atoms with van der Waals surface area (Å²) < 4.78 is 1.11. The molecule has 2 aromatic rings. The van der Waals surface area contributed by atoms with Crippen LogP contribution >= 0.6 is 15.9 Å². The van der Waals surface area contributed by atoms with E-state index in [4.69, 9.17) is 0 Å². The Labute approximate surface area is 132 Å². The first-order chi connectivity index (χ1) is 10.2. The molecule has 1 heterocycles. The van der Waals surface area contributed by atoms with Crippen LogP contribution in [-0.2, 0) is 0 Å². The van der Waals surface area contributed by atoms with Gasteiger partial charge in [0.25, 0.3) is 0 Å². The van der Waals surface area contributed by atoms with E-state index in [9.17, 15) is 5.11 Å². The lowest BCUT2D eigenvalue weighted by molar-refractivity contribution is 0.402. The van der Waals surface area contributed by atoms with Crippen LogP contribution in [0.3, 0.4) is 0 Å². The molecule has 3 atom stereocenters. The summed E-state index contributed by atoms with van der Waals surface area (Å²) in [6.45, 7) is 0. The second kappa shape index (κ2) is 4.92. The van der Waals surface area contributed by atoms with Crippen LogP contribution in [0.2, 0.25) is 0 Å². The molecule has 0 saturated carbocycles. The van der Waals surface area contributed by atoms with Crippen molar-refractivity contribution in [2.24, 2.45) is 5.92 Å². The largest absolute Gasteiger partial charge is 0.508 e. The molecule has 0 amide bonds. The van der Waals surface area contributed by atoms with Crippen LogP contribution in [0.25, 0.3) is 0 Å². The number of hydrogen-bond donors (Lipinski definition) is 2. The smallest absolute Gasteiger partial charge is 0.120 e. The summed E-state index contributed by atoms with van der Waals surface area (Å²) in [6, 6.07) is 14.2. The van der Waals surface area contributed by atoms with Crippen molar-refractivity contribution in [3.05, 3.63) is 70.2 Å². The summed E-state index contributed by atoms with van der Waals surface area (Å²) in [7, 11) is 0. The standard InChI is InChI=1S/C18H16BrNO/c19-11-8-9-16-15(10-11)12-5-3-6-13(12)18(20-16)14-4-1-2-7-17(14)21/h1-5,7-10,12-13,18,20-21H,6H2. The third-order valence-corrected chi connectivity index (χ3v) is 5.09. The summed E-state index contributed by atoms with van der Waals surface area (Å²) in [4.78, 5) is 0. The lowest BCUT2D eigenvalue weighted by Gasteiger charge is -2.37. The number of rotatable bonds is 1. The zero-order valence-electron chi connectivity index (χ0n) is 11.5. The summed E-state index contributed by atoms with van der Waals surface area (Å²) in [6.07, 6.45) is 5.62. The topological polar surface area (TPSA) is 32.3 Å². The Hall–Kier alpha value is -1.74. The Morgan fingerprint density at radius 1 is 1.10 bits per heavy atom. The van der Waals surface area contributed by atoms with Crippen molar-refractivity contribution in [3.8, 4) is 5.75 Å². The van der Waals surface area contributed by atoms with Gasteiger partial charge in [0.2, 0.25) is 0 Å². The van der Waals surface area contributed by atoms with Gasteiger partial charge in [0.05, 0.1) is 6.04 Å². The second-order valence-electron chi connectivity index (χ2n) is 5.77. The number of anilines is 1. The van der Waals surface area contributed by atoms with E-state index in [0.29, 0.717) is 17.6 Å². The maximum atomic E-state index is 10.2. The van der Waals surface area contributed by atoms with E-state index < -0.39 is 0 Å². The minimum absolute atomic E-state index is 0.153. The zero-order chi connectivity index (χ0) is 14.4. The molecule has 4 rings (SSSR count). The van der Waals surface area contributed by atoms with Gasteiger partial charge in [-0.25, -0.2) is 0 Å². The third kappa shape index (κ3) is 2.07. The van der Waals surface area contributed by atoms with E-state index in [-0.39, 0.29) is 6.04 Å². The van der Waals surface area contributed by atoms with Crippen LogP contribution in [0.1, 0.15) is 29.5 Å². The molecule has 106 valence electrons. The van der Waals surface area contributed by atoms with Gasteiger partial charge >= 0.3 is 0 Å². The summed E-state index contributed by atoms with van der Waals surface area (Å²) in [5, 5.41) is 13.8. The molecule has 1 aliphatic carbocycles. The van der Waals surface area contributed by atoms with Crippen molar-refractivity contribution in [1.29, 1.82) is 0 Å². The fourth-order valence-corrected chi connectivity index (χ4v) is 4.00. The molecule has 0 radical (unpaired) electrons. The number of aromatic hydroxyl groups is 1.